The second-order valence-electron chi connectivity index (χ2n) is 7.27. The van der Waals surface area contributed by atoms with Crippen LogP contribution in [0.4, 0.5) is 0 Å². The van der Waals surface area contributed by atoms with Gasteiger partial charge in [0.05, 0.1) is 4.90 Å². The van der Waals surface area contributed by atoms with Crippen LogP contribution in [0.15, 0.2) is 96.4 Å². The molecule has 3 aromatic carbocycles. The molecule has 0 fully saturated rings. The number of sulfonamides is 1. The van der Waals surface area contributed by atoms with Gasteiger partial charge in [0.1, 0.15) is 0 Å². The fourth-order valence-corrected chi connectivity index (χ4v) is 4.62. The zero-order valence-corrected chi connectivity index (χ0v) is 18.3. The lowest BCUT2D eigenvalue weighted by molar-refractivity contribution is 0.0951. The fourth-order valence-electron chi connectivity index (χ4n) is 3.20. The van der Waals surface area contributed by atoms with E-state index in [9.17, 15) is 13.2 Å². The second kappa shape index (κ2) is 10.2. The molecule has 0 unspecified atom stereocenters. The molecule has 0 aliphatic rings. The maximum atomic E-state index is 13.0. The van der Waals surface area contributed by atoms with E-state index in [1.54, 1.807) is 60.7 Å². The van der Waals surface area contributed by atoms with E-state index in [0.29, 0.717) is 12.1 Å². The molecule has 3 aromatic rings. The molecule has 0 atom stereocenters. The Morgan fingerprint density at radius 1 is 0.968 bits per heavy atom. The summed E-state index contributed by atoms with van der Waals surface area (Å²) in [5.41, 5.74) is 3.50. The van der Waals surface area contributed by atoms with Gasteiger partial charge in [-0.2, -0.15) is 4.31 Å². The van der Waals surface area contributed by atoms with E-state index < -0.39 is 10.0 Å². The molecular formula is C25H26N2O3S. The Morgan fingerprint density at radius 3 is 2.32 bits per heavy atom. The first-order chi connectivity index (χ1) is 14.9. The SMILES string of the molecule is C=CCN(Cc1ccc(C(=O)NCc2cccc(C)c2)cc1)S(=O)(=O)c1ccccc1. The Balaban J connectivity index is 1.68. The topological polar surface area (TPSA) is 66.5 Å². The van der Waals surface area contributed by atoms with Crippen molar-refractivity contribution in [3.05, 3.63) is 114 Å². The van der Waals surface area contributed by atoms with Gasteiger partial charge in [-0.3, -0.25) is 4.79 Å². The monoisotopic (exact) mass is 434 g/mol. The summed E-state index contributed by atoms with van der Waals surface area (Å²) in [5, 5.41) is 2.91. The molecule has 5 nitrogen and oxygen atoms in total. The molecule has 0 bridgehead atoms. The molecule has 31 heavy (non-hydrogen) atoms. The van der Waals surface area contributed by atoms with Gasteiger partial charge < -0.3 is 5.32 Å². The lowest BCUT2D eigenvalue weighted by atomic mass is 10.1. The van der Waals surface area contributed by atoms with Crippen LogP contribution in [0.3, 0.4) is 0 Å². The molecule has 0 aliphatic heterocycles. The molecular weight excluding hydrogens is 408 g/mol. The summed E-state index contributed by atoms with van der Waals surface area (Å²) in [6.45, 7) is 6.52. The highest BCUT2D eigenvalue weighted by Crippen LogP contribution is 2.18. The van der Waals surface area contributed by atoms with Gasteiger partial charge in [0.15, 0.2) is 0 Å². The molecule has 1 N–H and O–H groups in total. The highest BCUT2D eigenvalue weighted by atomic mass is 32.2. The number of carbonyl (C=O) groups is 1. The van der Waals surface area contributed by atoms with Gasteiger partial charge in [0, 0.05) is 25.2 Å². The second-order valence-corrected chi connectivity index (χ2v) is 9.21. The first-order valence-electron chi connectivity index (χ1n) is 9.99. The number of benzene rings is 3. The largest absolute Gasteiger partial charge is 0.348 e. The van der Waals surface area contributed by atoms with Gasteiger partial charge in [-0.15, -0.1) is 6.58 Å². The van der Waals surface area contributed by atoms with Gasteiger partial charge >= 0.3 is 0 Å². The van der Waals surface area contributed by atoms with Crippen LogP contribution < -0.4 is 5.32 Å². The van der Waals surface area contributed by atoms with Crippen LogP contribution in [0.25, 0.3) is 0 Å². The normalized spacial score (nSPS) is 11.3. The van der Waals surface area contributed by atoms with E-state index in [0.717, 1.165) is 16.7 Å². The van der Waals surface area contributed by atoms with E-state index in [4.69, 9.17) is 0 Å². The summed E-state index contributed by atoms with van der Waals surface area (Å²) in [5.74, 6) is -0.173. The van der Waals surface area contributed by atoms with Gasteiger partial charge in [0.2, 0.25) is 10.0 Å². The van der Waals surface area contributed by atoms with Crippen molar-refractivity contribution in [1.29, 1.82) is 0 Å². The zero-order chi connectivity index (χ0) is 22.3. The third kappa shape index (κ3) is 5.90. The lowest BCUT2D eigenvalue weighted by Gasteiger charge is -2.21. The molecule has 3 rings (SSSR count). The van der Waals surface area contributed by atoms with Crippen LogP contribution in [0.2, 0.25) is 0 Å². The highest BCUT2D eigenvalue weighted by molar-refractivity contribution is 7.89. The highest BCUT2D eigenvalue weighted by Gasteiger charge is 2.23. The van der Waals surface area contributed by atoms with Crippen molar-refractivity contribution in [3.8, 4) is 0 Å². The Labute approximate surface area is 184 Å². The third-order valence-electron chi connectivity index (χ3n) is 4.82. The summed E-state index contributed by atoms with van der Waals surface area (Å²) in [4.78, 5) is 12.7. The van der Waals surface area contributed by atoms with Crippen molar-refractivity contribution in [3.63, 3.8) is 0 Å². The molecule has 0 spiro atoms. The molecule has 6 heteroatoms. The van der Waals surface area contributed by atoms with Gasteiger partial charge in [-0.05, 0) is 42.3 Å². The number of aryl methyl sites for hydroxylation is 1. The lowest BCUT2D eigenvalue weighted by Crippen LogP contribution is -2.30. The summed E-state index contributed by atoms with van der Waals surface area (Å²) in [7, 11) is -3.65. The minimum absolute atomic E-state index is 0.173. The molecule has 1 amide bonds. The number of nitrogens with zero attached hydrogens (tertiary/aromatic N) is 1. The standard InChI is InChI=1S/C25H26N2O3S/c1-3-16-27(31(29,30)24-10-5-4-6-11-24)19-21-12-14-23(15-13-21)25(28)26-18-22-9-7-8-20(2)17-22/h3-15,17H,1,16,18-19H2,2H3,(H,26,28). The summed E-state index contributed by atoms with van der Waals surface area (Å²) in [6, 6.07) is 23.3. The van der Waals surface area contributed by atoms with Crippen LogP contribution >= 0.6 is 0 Å². The maximum Gasteiger partial charge on any atom is 0.251 e. The summed E-state index contributed by atoms with van der Waals surface area (Å²) < 4.78 is 27.3. The van der Waals surface area contributed by atoms with E-state index in [2.05, 4.69) is 11.9 Å². The average molecular weight is 435 g/mol. The first-order valence-corrected chi connectivity index (χ1v) is 11.4. The number of rotatable bonds is 9. The maximum absolute atomic E-state index is 13.0. The molecule has 0 saturated heterocycles. The van der Waals surface area contributed by atoms with Crippen LogP contribution in [0.5, 0.6) is 0 Å². The van der Waals surface area contributed by atoms with E-state index in [1.807, 2.05) is 31.2 Å². The van der Waals surface area contributed by atoms with Crippen molar-refractivity contribution >= 4 is 15.9 Å². The molecule has 160 valence electrons. The molecule has 0 heterocycles. The van der Waals surface area contributed by atoms with Gasteiger partial charge in [-0.1, -0.05) is 66.2 Å². The molecule has 0 radical (unpaired) electrons. The van der Waals surface area contributed by atoms with Crippen LogP contribution in [0.1, 0.15) is 27.0 Å². The van der Waals surface area contributed by atoms with Gasteiger partial charge in [0.25, 0.3) is 5.91 Å². The van der Waals surface area contributed by atoms with Crippen molar-refractivity contribution < 1.29 is 13.2 Å². The molecule has 0 aliphatic carbocycles. The minimum atomic E-state index is -3.65. The zero-order valence-electron chi connectivity index (χ0n) is 17.5. The van der Waals surface area contributed by atoms with Crippen molar-refractivity contribution in [2.75, 3.05) is 6.54 Å². The number of nitrogens with one attached hydrogen (secondary N) is 1. The van der Waals surface area contributed by atoms with E-state index in [-0.39, 0.29) is 23.9 Å². The third-order valence-corrected chi connectivity index (χ3v) is 6.65. The number of amides is 1. The first kappa shape index (κ1) is 22.5. The smallest absolute Gasteiger partial charge is 0.251 e. The Bertz CT molecular complexity index is 1140. The molecule has 0 saturated carbocycles. The predicted molar refractivity (Wildman–Crippen MR) is 123 cm³/mol. The summed E-state index contributed by atoms with van der Waals surface area (Å²) >= 11 is 0. The van der Waals surface area contributed by atoms with Crippen LogP contribution in [-0.4, -0.2) is 25.2 Å². The van der Waals surface area contributed by atoms with E-state index in [1.165, 1.54) is 4.31 Å². The Morgan fingerprint density at radius 2 is 1.68 bits per heavy atom. The van der Waals surface area contributed by atoms with Crippen molar-refractivity contribution in [2.24, 2.45) is 0 Å². The minimum Gasteiger partial charge on any atom is -0.348 e. The van der Waals surface area contributed by atoms with Crippen LogP contribution in [0, 0.1) is 6.92 Å². The average Bonchev–Trinajstić information content (AvgIpc) is 2.78. The summed E-state index contributed by atoms with van der Waals surface area (Å²) in [6.07, 6.45) is 1.56. The Hall–Kier alpha value is -3.22. The quantitative estimate of drug-likeness (QED) is 0.511. The molecule has 0 aromatic heterocycles. The van der Waals surface area contributed by atoms with E-state index >= 15 is 0 Å². The number of hydrogen-bond donors (Lipinski definition) is 1. The van der Waals surface area contributed by atoms with Crippen LogP contribution in [-0.2, 0) is 23.1 Å². The Kier molecular flexibility index (Phi) is 7.39. The number of carbonyl (C=O) groups excluding carboxylic acids is 1. The number of hydrogen-bond acceptors (Lipinski definition) is 3. The van der Waals surface area contributed by atoms with Gasteiger partial charge in [-0.25, -0.2) is 8.42 Å². The van der Waals surface area contributed by atoms with Crippen molar-refractivity contribution in [2.45, 2.75) is 24.9 Å². The van der Waals surface area contributed by atoms with Crippen molar-refractivity contribution in [1.82, 2.24) is 9.62 Å². The fraction of sp³-hybridized carbons (Fsp3) is 0.160. The predicted octanol–water partition coefficient (Wildman–Crippen LogP) is 4.30.